The van der Waals surface area contributed by atoms with E-state index in [9.17, 15) is 0 Å². The normalized spacial score (nSPS) is 11.6. The fourth-order valence-corrected chi connectivity index (χ4v) is 6.95. The summed E-state index contributed by atoms with van der Waals surface area (Å²) in [5.74, 6) is 1.79. The van der Waals surface area contributed by atoms with Gasteiger partial charge in [-0.1, -0.05) is 121 Å². The lowest BCUT2D eigenvalue weighted by molar-refractivity contribution is 0.668. The van der Waals surface area contributed by atoms with E-state index in [0.717, 1.165) is 82.8 Å². The molecule has 0 saturated heterocycles. The Morgan fingerprint density at radius 2 is 0.900 bits per heavy atom. The summed E-state index contributed by atoms with van der Waals surface area (Å²) >= 11 is 0. The molecule has 0 aliphatic rings. The molecular weight excluding hydrogens is 615 g/mol. The maximum atomic E-state index is 6.66. The van der Waals surface area contributed by atoms with Crippen molar-refractivity contribution in [1.82, 2.24) is 15.0 Å². The quantitative estimate of drug-likeness (QED) is 0.187. The van der Waals surface area contributed by atoms with E-state index in [1.165, 1.54) is 0 Å². The van der Waals surface area contributed by atoms with Gasteiger partial charge in [-0.25, -0.2) is 15.0 Å². The Bertz CT molecular complexity index is 2870. The van der Waals surface area contributed by atoms with Crippen molar-refractivity contribution in [3.05, 3.63) is 164 Å². The SMILES string of the molecule is c1ccc(-c2cccc(-c3nc(-c4ccccc4)nc(-c4ccc(-c5ccc6c(c5)oc5ccccc56)c5oc6ccccc6c45)n3)c2)cc1. The van der Waals surface area contributed by atoms with Gasteiger partial charge in [0.15, 0.2) is 17.5 Å². The monoisotopic (exact) mass is 641 g/mol. The van der Waals surface area contributed by atoms with Gasteiger partial charge in [0.05, 0.1) is 0 Å². The van der Waals surface area contributed by atoms with Crippen LogP contribution in [0.25, 0.3) is 100 Å². The summed E-state index contributed by atoms with van der Waals surface area (Å²) in [6, 6.07) is 55.7. The summed E-state index contributed by atoms with van der Waals surface area (Å²) in [7, 11) is 0. The Morgan fingerprint density at radius 1 is 0.320 bits per heavy atom. The fourth-order valence-electron chi connectivity index (χ4n) is 6.95. The number of hydrogen-bond acceptors (Lipinski definition) is 5. The van der Waals surface area contributed by atoms with E-state index in [2.05, 4.69) is 91.0 Å². The number of hydrogen-bond donors (Lipinski definition) is 0. The zero-order valence-electron chi connectivity index (χ0n) is 26.7. The third kappa shape index (κ3) is 4.67. The second kappa shape index (κ2) is 11.4. The maximum Gasteiger partial charge on any atom is 0.164 e. The van der Waals surface area contributed by atoms with E-state index in [4.69, 9.17) is 23.8 Å². The molecule has 0 N–H and O–H groups in total. The fraction of sp³-hybridized carbons (Fsp3) is 0. The first-order valence-corrected chi connectivity index (χ1v) is 16.6. The zero-order valence-corrected chi connectivity index (χ0v) is 26.7. The smallest absolute Gasteiger partial charge is 0.164 e. The average Bonchev–Trinajstić information content (AvgIpc) is 3.77. The van der Waals surface area contributed by atoms with Gasteiger partial charge in [0.2, 0.25) is 0 Å². The van der Waals surface area contributed by atoms with Gasteiger partial charge in [0, 0.05) is 43.8 Å². The van der Waals surface area contributed by atoms with Crippen molar-refractivity contribution < 1.29 is 8.83 Å². The Kier molecular flexibility index (Phi) is 6.42. The Morgan fingerprint density at radius 3 is 1.70 bits per heavy atom. The molecule has 234 valence electrons. The highest BCUT2D eigenvalue weighted by atomic mass is 16.3. The molecule has 0 radical (unpaired) electrons. The molecule has 3 heterocycles. The Labute approximate surface area is 287 Å². The minimum absolute atomic E-state index is 0.579. The maximum absolute atomic E-state index is 6.66. The molecule has 0 spiro atoms. The molecule has 0 aliphatic carbocycles. The van der Waals surface area contributed by atoms with Crippen LogP contribution in [0.3, 0.4) is 0 Å². The van der Waals surface area contributed by atoms with Crippen molar-refractivity contribution in [2.75, 3.05) is 0 Å². The lowest BCUT2D eigenvalue weighted by Crippen LogP contribution is -2.00. The Balaban J connectivity index is 1.20. The van der Waals surface area contributed by atoms with Crippen LogP contribution in [-0.4, -0.2) is 15.0 Å². The van der Waals surface area contributed by atoms with Gasteiger partial charge in [-0.3, -0.25) is 0 Å². The van der Waals surface area contributed by atoms with E-state index >= 15 is 0 Å². The molecule has 0 fully saturated rings. The molecule has 50 heavy (non-hydrogen) atoms. The van der Waals surface area contributed by atoms with Gasteiger partial charge in [0.1, 0.15) is 22.3 Å². The van der Waals surface area contributed by atoms with Crippen LogP contribution in [-0.2, 0) is 0 Å². The van der Waals surface area contributed by atoms with Crippen LogP contribution in [0.5, 0.6) is 0 Å². The van der Waals surface area contributed by atoms with Crippen LogP contribution in [0.1, 0.15) is 0 Å². The second-order valence-corrected chi connectivity index (χ2v) is 12.4. The number of nitrogens with zero attached hydrogens (tertiary/aromatic N) is 3. The standard InChI is InChI=1S/C45H27N3O2/c1-3-12-28(13-4-1)30-16-11-17-32(26-30)44-46-43(29-14-5-2-6-15-29)47-45(48-44)37-25-24-33(42-41(37)36-19-8-10-21-39(36)50-42)31-22-23-35-34-18-7-9-20-38(34)49-40(35)27-31/h1-27H. The molecule has 0 atom stereocenters. The van der Waals surface area contributed by atoms with Crippen molar-refractivity contribution in [2.45, 2.75) is 0 Å². The predicted octanol–water partition coefficient (Wildman–Crippen LogP) is 12.0. The summed E-state index contributed by atoms with van der Waals surface area (Å²) in [5.41, 5.74) is 10.2. The van der Waals surface area contributed by atoms with Crippen LogP contribution in [0.2, 0.25) is 0 Å². The highest BCUT2D eigenvalue weighted by Gasteiger charge is 2.21. The summed E-state index contributed by atoms with van der Waals surface area (Å²) < 4.78 is 12.9. The van der Waals surface area contributed by atoms with Gasteiger partial charge in [-0.15, -0.1) is 0 Å². The van der Waals surface area contributed by atoms with Crippen LogP contribution >= 0.6 is 0 Å². The van der Waals surface area contributed by atoms with E-state index in [-0.39, 0.29) is 0 Å². The molecule has 5 heteroatoms. The van der Waals surface area contributed by atoms with Crippen LogP contribution in [0.15, 0.2) is 173 Å². The summed E-state index contributed by atoms with van der Waals surface area (Å²) in [6.45, 7) is 0. The largest absolute Gasteiger partial charge is 0.456 e. The molecule has 0 amide bonds. The number of benzene rings is 7. The third-order valence-corrected chi connectivity index (χ3v) is 9.35. The van der Waals surface area contributed by atoms with Crippen molar-refractivity contribution in [3.63, 3.8) is 0 Å². The molecule has 0 saturated carbocycles. The molecule has 0 aliphatic heterocycles. The van der Waals surface area contributed by atoms with Crippen molar-refractivity contribution >= 4 is 43.9 Å². The van der Waals surface area contributed by atoms with E-state index < -0.39 is 0 Å². The second-order valence-electron chi connectivity index (χ2n) is 12.4. The van der Waals surface area contributed by atoms with Crippen molar-refractivity contribution in [1.29, 1.82) is 0 Å². The lowest BCUT2D eigenvalue weighted by atomic mass is 9.97. The Hall–Kier alpha value is -6.85. The molecule has 5 nitrogen and oxygen atoms in total. The van der Waals surface area contributed by atoms with E-state index in [1.54, 1.807) is 0 Å². The number of para-hydroxylation sites is 2. The summed E-state index contributed by atoms with van der Waals surface area (Å²) in [5, 5.41) is 4.15. The number of furan rings is 2. The molecule has 10 aromatic rings. The van der Waals surface area contributed by atoms with Gasteiger partial charge < -0.3 is 8.83 Å². The van der Waals surface area contributed by atoms with Crippen LogP contribution in [0.4, 0.5) is 0 Å². The van der Waals surface area contributed by atoms with Crippen LogP contribution in [0, 0.1) is 0 Å². The first-order chi connectivity index (χ1) is 24.8. The topological polar surface area (TPSA) is 65.0 Å². The number of fused-ring (bicyclic) bond motifs is 6. The molecule has 0 unspecified atom stereocenters. The minimum Gasteiger partial charge on any atom is -0.456 e. The molecule has 7 aromatic carbocycles. The van der Waals surface area contributed by atoms with Gasteiger partial charge >= 0.3 is 0 Å². The predicted molar refractivity (Wildman–Crippen MR) is 202 cm³/mol. The highest BCUT2D eigenvalue weighted by molar-refractivity contribution is 6.16. The van der Waals surface area contributed by atoms with Crippen molar-refractivity contribution in [3.8, 4) is 56.4 Å². The minimum atomic E-state index is 0.579. The van der Waals surface area contributed by atoms with Gasteiger partial charge in [-0.2, -0.15) is 0 Å². The van der Waals surface area contributed by atoms with Crippen LogP contribution < -0.4 is 0 Å². The molecule has 10 rings (SSSR count). The van der Waals surface area contributed by atoms with E-state index in [0.29, 0.717) is 17.5 Å². The number of rotatable bonds is 5. The first kappa shape index (κ1) is 28.2. The summed E-state index contributed by atoms with van der Waals surface area (Å²) in [6.07, 6.45) is 0. The lowest BCUT2D eigenvalue weighted by Gasteiger charge is -2.11. The van der Waals surface area contributed by atoms with E-state index in [1.807, 2.05) is 72.8 Å². The summed E-state index contributed by atoms with van der Waals surface area (Å²) in [4.78, 5) is 15.3. The zero-order chi connectivity index (χ0) is 33.0. The van der Waals surface area contributed by atoms with Gasteiger partial charge in [-0.05, 0) is 59.2 Å². The van der Waals surface area contributed by atoms with Crippen molar-refractivity contribution in [2.24, 2.45) is 0 Å². The average molecular weight is 642 g/mol. The molecule has 0 bridgehead atoms. The number of aromatic nitrogens is 3. The highest BCUT2D eigenvalue weighted by Crippen LogP contribution is 2.42. The first-order valence-electron chi connectivity index (χ1n) is 16.6. The molecule has 3 aromatic heterocycles. The van der Waals surface area contributed by atoms with Gasteiger partial charge in [0.25, 0.3) is 0 Å². The molecular formula is C45H27N3O2. The third-order valence-electron chi connectivity index (χ3n) is 9.35.